The Bertz CT molecular complexity index is 1790. The van der Waals surface area contributed by atoms with Crippen LogP contribution in [0, 0.1) is 11.3 Å². The van der Waals surface area contributed by atoms with Crippen molar-refractivity contribution in [2.24, 2.45) is 0 Å². The Labute approximate surface area is 234 Å². The van der Waals surface area contributed by atoms with Crippen molar-refractivity contribution in [1.82, 2.24) is 0 Å². The van der Waals surface area contributed by atoms with Gasteiger partial charge in [0.05, 0.1) is 11.6 Å². The van der Waals surface area contributed by atoms with E-state index in [0.717, 1.165) is 11.1 Å². The summed E-state index contributed by atoms with van der Waals surface area (Å²) in [6.07, 6.45) is 0. The van der Waals surface area contributed by atoms with E-state index in [1.54, 1.807) is 0 Å². The fourth-order valence-electron chi connectivity index (χ4n) is 7.03. The minimum atomic E-state index is 0.132. The molecule has 0 aliphatic heterocycles. The van der Waals surface area contributed by atoms with Crippen molar-refractivity contribution in [2.75, 3.05) is 0 Å². The van der Waals surface area contributed by atoms with Gasteiger partial charge in [0.2, 0.25) is 0 Å². The number of nitriles is 1. The van der Waals surface area contributed by atoms with E-state index < -0.39 is 0 Å². The highest BCUT2D eigenvalue weighted by molar-refractivity contribution is 5.84. The Morgan fingerprint density at radius 2 is 0.750 bits per heavy atom. The predicted molar refractivity (Wildman–Crippen MR) is 162 cm³/mol. The first-order chi connectivity index (χ1) is 19.8. The molecular formula is C39H25N. The van der Waals surface area contributed by atoms with Crippen LogP contribution in [0.3, 0.4) is 0 Å². The Kier molecular flexibility index (Phi) is 5.09. The van der Waals surface area contributed by atoms with Crippen LogP contribution in [0.1, 0.15) is 50.8 Å². The topological polar surface area (TPSA) is 23.8 Å². The summed E-state index contributed by atoms with van der Waals surface area (Å²) in [5.41, 5.74) is 15.9. The molecule has 8 rings (SSSR count). The Hall–Kier alpha value is -5.19. The Balaban J connectivity index is 1.42. The zero-order valence-corrected chi connectivity index (χ0v) is 21.9. The molecule has 0 amide bonds. The smallest absolute Gasteiger partial charge is 0.0998 e. The number of rotatable bonds is 3. The summed E-state index contributed by atoms with van der Waals surface area (Å²) in [6.45, 7) is 0. The standard InChI is InChI=1S/C39H25N/c40-24-25-11-1-2-12-29(25)26-21-27(38-34-17-7-3-13-30(34)31-14-4-8-18-35(31)38)23-28(22-26)39-36-19-9-5-15-32(36)33-16-6-10-20-37(33)39/h1-23,38-39H. The molecule has 0 saturated carbocycles. The first-order valence-electron chi connectivity index (χ1n) is 13.8. The van der Waals surface area contributed by atoms with Crippen LogP contribution in [0.5, 0.6) is 0 Å². The summed E-state index contributed by atoms with van der Waals surface area (Å²) >= 11 is 0. The maximum Gasteiger partial charge on any atom is 0.0998 e. The second-order valence-electron chi connectivity index (χ2n) is 10.8. The van der Waals surface area contributed by atoms with Gasteiger partial charge in [-0.05, 0) is 72.8 Å². The lowest BCUT2D eigenvalue weighted by atomic mass is 9.81. The molecule has 0 saturated heterocycles. The molecule has 0 bridgehead atoms. The largest absolute Gasteiger partial charge is 0.192 e. The normalized spacial score (nSPS) is 13.3. The zero-order chi connectivity index (χ0) is 26.6. The highest BCUT2D eigenvalue weighted by Gasteiger charge is 2.33. The van der Waals surface area contributed by atoms with Crippen LogP contribution < -0.4 is 0 Å². The second kappa shape index (κ2) is 8.94. The maximum absolute atomic E-state index is 10.0. The van der Waals surface area contributed by atoms with Gasteiger partial charge in [-0.25, -0.2) is 0 Å². The third kappa shape index (κ3) is 3.33. The van der Waals surface area contributed by atoms with E-state index in [2.05, 4.69) is 127 Å². The van der Waals surface area contributed by atoms with Crippen LogP contribution in [-0.2, 0) is 0 Å². The number of benzene rings is 6. The molecule has 0 spiro atoms. The highest BCUT2D eigenvalue weighted by atomic mass is 14.4. The molecule has 2 aliphatic carbocycles. The van der Waals surface area contributed by atoms with Crippen molar-refractivity contribution in [1.29, 1.82) is 5.26 Å². The quantitative estimate of drug-likeness (QED) is 0.234. The molecule has 0 N–H and O–H groups in total. The molecule has 1 heteroatoms. The molecule has 0 radical (unpaired) electrons. The SMILES string of the molecule is N#Cc1ccccc1-c1cc(C2c3ccccc3-c3ccccc32)cc(C2c3ccccc3-c3ccccc32)c1. The van der Waals surface area contributed by atoms with Gasteiger partial charge >= 0.3 is 0 Å². The Morgan fingerprint density at radius 1 is 0.400 bits per heavy atom. The summed E-state index contributed by atoms with van der Waals surface area (Å²) in [7, 11) is 0. The number of hydrogen-bond acceptors (Lipinski definition) is 1. The van der Waals surface area contributed by atoms with Crippen LogP contribution in [0.4, 0.5) is 0 Å². The van der Waals surface area contributed by atoms with Gasteiger partial charge in [0.25, 0.3) is 0 Å². The molecular weight excluding hydrogens is 482 g/mol. The first kappa shape index (κ1) is 22.8. The van der Waals surface area contributed by atoms with E-state index in [-0.39, 0.29) is 11.8 Å². The van der Waals surface area contributed by atoms with Gasteiger partial charge in [0, 0.05) is 11.8 Å². The molecule has 40 heavy (non-hydrogen) atoms. The van der Waals surface area contributed by atoms with Crippen LogP contribution in [0.15, 0.2) is 140 Å². The summed E-state index contributed by atoms with van der Waals surface area (Å²) < 4.78 is 0. The lowest BCUT2D eigenvalue weighted by Gasteiger charge is -2.21. The van der Waals surface area contributed by atoms with Crippen LogP contribution in [0.2, 0.25) is 0 Å². The molecule has 0 heterocycles. The first-order valence-corrected chi connectivity index (χ1v) is 13.8. The summed E-state index contributed by atoms with van der Waals surface area (Å²) in [5, 5.41) is 10.0. The fraction of sp³-hybridized carbons (Fsp3) is 0.0513. The number of hydrogen-bond donors (Lipinski definition) is 0. The molecule has 0 fully saturated rings. The molecule has 0 unspecified atom stereocenters. The Morgan fingerprint density at radius 3 is 1.15 bits per heavy atom. The summed E-state index contributed by atoms with van der Waals surface area (Å²) in [4.78, 5) is 0. The minimum Gasteiger partial charge on any atom is -0.192 e. The van der Waals surface area contributed by atoms with Crippen molar-refractivity contribution in [3.63, 3.8) is 0 Å². The maximum atomic E-state index is 10.0. The van der Waals surface area contributed by atoms with Crippen LogP contribution in [0.25, 0.3) is 33.4 Å². The molecule has 0 aromatic heterocycles. The van der Waals surface area contributed by atoms with Gasteiger partial charge in [-0.2, -0.15) is 5.26 Å². The minimum absolute atomic E-state index is 0.132. The van der Waals surface area contributed by atoms with Gasteiger partial charge in [-0.1, -0.05) is 133 Å². The van der Waals surface area contributed by atoms with Gasteiger partial charge in [-0.3, -0.25) is 0 Å². The van der Waals surface area contributed by atoms with Crippen LogP contribution in [-0.4, -0.2) is 0 Å². The predicted octanol–water partition coefficient (Wildman–Crippen LogP) is 9.55. The van der Waals surface area contributed by atoms with E-state index >= 15 is 0 Å². The lowest BCUT2D eigenvalue weighted by Crippen LogP contribution is -2.05. The van der Waals surface area contributed by atoms with E-state index in [1.165, 1.54) is 55.6 Å². The third-order valence-electron chi connectivity index (χ3n) is 8.67. The number of fused-ring (bicyclic) bond motifs is 6. The summed E-state index contributed by atoms with van der Waals surface area (Å²) in [6, 6.07) is 52.7. The van der Waals surface area contributed by atoms with Crippen molar-refractivity contribution >= 4 is 0 Å². The van der Waals surface area contributed by atoms with Gasteiger partial charge < -0.3 is 0 Å². The highest BCUT2D eigenvalue weighted by Crippen LogP contribution is 2.52. The second-order valence-corrected chi connectivity index (χ2v) is 10.8. The van der Waals surface area contributed by atoms with E-state index in [1.807, 2.05) is 18.2 Å². The molecule has 6 aromatic rings. The van der Waals surface area contributed by atoms with Gasteiger partial charge in [0.15, 0.2) is 0 Å². The average molecular weight is 508 g/mol. The monoisotopic (exact) mass is 507 g/mol. The average Bonchev–Trinajstić information content (AvgIpc) is 3.54. The molecule has 0 atom stereocenters. The van der Waals surface area contributed by atoms with E-state index in [0.29, 0.717) is 5.56 Å². The third-order valence-corrected chi connectivity index (χ3v) is 8.67. The number of nitrogens with zero attached hydrogens (tertiary/aromatic N) is 1. The fourth-order valence-corrected chi connectivity index (χ4v) is 7.03. The zero-order valence-electron chi connectivity index (χ0n) is 21.9. The van der Waals surface area contributed by atoms with Gasteiger partial charge in [0.1, 0.15) is 0 Å². The van der Waals surface area contributed by atoms with Crippen molar-refractivity contribution in [3.8, 4) is 39.4 Å². The van der Waals surface area contributed by atoms with E-state index in [4.69, 9.17) is 0 Å². The van der Waals surface area contributed by atoms with Crippen molar-refractivity contribution in [2.45, 2.75) is 11.8 Å². The molecule has 6 aromatic carbocycles. The van der Waals surface area contributed by atoms with Gasteiger partial charge in [-0.15, -0.1) is 0 Å². The lowest BCUT2D eigenvalue weighted by molar-refractivity contribution is 0.973. The van der Waals surface area contributed by atoms with Crippen LogP contribution >= 0.6 is 0 Å². The molecule has 2 aliphatic rings. The molecule has 1 nitrogen and oxygen atoms in total. The van der Waals surface area contributed by atoms with E-state index in [9.17, 15) is 5.26 Å². The summed E-state index contributed by atoms with van der Waals surface area (Å²) in [5.74, 6) is 0.263. The van der Waals surface area contributed by atoms with Crippen molar-refractivity contribution < 1.29 is 0 Å². The molecule has 186 valence electrons. The van der Waals surface area contributed by atoms with Crippen molar-refractivity contribution in [3.05, 3.63) is 178 Å².